The molecule has 0 saturated carbocycles. The van der Waals surface area contributed by atoms with E-state index in [4.69, 9.17) is 13.8 Å². The van der Waals surface area contributed by atoms with Crippen molar-refractivity contribution in [2.75, 3.05) is 6.54 Å². The Bertz CT molecular complexity index is 996. The fourth-order valence-corrected chi connectivity index (χ4v) is 6.63. The van der Waals surface area contributed by atoms with Crippen molar-refractivity contribution in [3.05, 3.63) is 69.0 Å². The SMILES string of the molecule is CC[C@H]1O[C@@H](n2ccc(=O)[nH]c2=O)CC1O[P@@]1O[C@H](c2ccccc2)[C@@H]2CCCN21. The number of nitrogens with zero attached hydrogens (tertiary/aromatic N) is 2. The molecule has 30 heavy (non-hydrogen) atoms. The van der Waals surface area contributed by atoms with E-state index >= 15 is 0 Å². The summed E-state index contributed by atoms with van der Waals surface area (Å²) in [6.45, 7) is 3.03. The van der Waals surface area contributed by atoms with E-state index in [1.807, 2.05) is 25.1 Å². The van der Waals surface area contributed by atoms with Gasteiger partial charge in [-0.15, -0.1) is 0 Å². The summed E-state index contributed by atoms with van der Waals surface area (Å²) in [5.74, 6) is 0. The average molecular weight is 431 g/mol. The van der Waals surface area contributed by atoms with Gasteiger partial charge in [0, 0.05) is 31.3 Å². The highest BCUT2D eigenvalue weighted by Gasteiger charge is 2.49. The number of H-pyrrole nitrogens is 1. The number of hydrogen-bond donors (Lipinski definition) is 1. The summed E-state index contributed by atoms with van der Waals surface area (Å²) in [6.07, 6.45) is 4.33. The van der Waals surface area contributed by atoms with Crippen LogP contribution in [0.5, 0.6) is 0 Å². The Labute approximate surface area is 175 Å². The lowest BCUT2D eigenvalue weighted by Crippen LogP contribution is -2.31. The fourth-order valence-electron chi connectivity index (χ4n) is 4.64. The molecule has 0 radical (unpaired) electrons. The molecule has 1 aromatic carbocycles. The highest BCUT2D eigenvalue weighted by molar-refractivity contribution is 7.44. The van der Waals surface area contributed by atoms with Crippen molar-refractivity contribution in [3.8, 4) is 0 Å². The first-order valence-electron chi connectivity index (χ1n) is 10.6. The number of hydrogen-bond acceptors (Lipinski definition) is 6. The summed E-state index contributed by atoms with van der Waals surface area (Å²) in [5.41, 5.74) is 0.314. The van der Waals surface area contributed by atoms with Gasteiger partial charge >= 0.3 is 5.69 Å². The summed E-state index contributed by atoms with van der Waals surface area (Å²) in [4.78, 5) is 25.8. The largest absolute Gasteiger partial charge is 0.352 e. The van der Waals surface area contributed by atoms with Crippen LogP contribution in [0.2, 0.25) is 0 Å². The van der Waals surface area contributed by atoms with E-state index < -0.39 is 26.0 Å². The Morgan fingerprint density at radius 1 is 1.23 bits per heavy atom. The minimum Gasteiger partial charge on any atom is -0.352 e. The maximum atomic E-state index is 12.2. The Morgan fingerprint density at radius 3 is 2.83 bits per heavy atom. The number of benzene rings is 1. The van der Waals surface area contributed by atoms with Crippen LogP contribution < -0.4 is 11.2 Å². The van der Waals surface area contributed by atoms with Crippen LogP contribution >= 0.6 is 8.53 Å². The first-order chi connectivity index (χ1) is 14.6. The van der Waals surface area contributed by atoms with Gasteiger partial charge in [-0.3, -0.25) is 14.3 Å². The summed E-state index contributed by atoms with van der Waals surface area (Å²) in [7, 11) is -1.18. The predicted molar refractivity (Wildman–Crippen MR) is 112 cm³/mol. The maximum Gasteiger partial charge on any atom is 0.330 e. The van der Waals surface area contributed by atoms with Gasteiger partial charge in [0.1, 0.15) is 12.3 Å². The highest BCUT2D eigenvalue weighted by Crippen LogP contribution is 2.61. The third kappa shape index (κ3) is 3.67. The molecule has 160 valence electrons. The van der Waals surface area contributed by atoms with Gasteiger partial charge in [0.15, 0.2) is 0 Å². The van der Waals surface area contributed by atoms with Crippen LogP contribution in [0.1, 0.15) is 50.5 Å². The molecule has 3 aliphatic rings. The second-order valence-corrected chi connectivity index (χ2v) is 9.39. The fraction of sp³-hybridized carbons (Fsp3) is 0.524. The number of rotatable bonds is 5. The van der Waals surface area contributed by atoms with Crippen LogP contribution in [0.25, 0.3) is 0 Å². The van der Waals surface area contributed by atoms with Gasteiger partial charge in [-0.25, -0.2) is 9.46 Å². The zero-order chi connectivity index (χ0) is 20.7. The Morgan fingerprint density at radius 2 is 2.07 bits per heavy atom. The maximum absolute atomic E-state index is 12.2. The van der Waals surface area contributed by atoms with Crippen molar-refractivity contribution in [2.24, 2.45) is 0 Å². The number of nitrogens with one attached hydrogen (secondary N) is 1. The van der Waals surface area contributed by atoms with Crippen molar-refractivity contribution in [3.63, 3.8) is 0 Å². The topological polar surface area (TPSA) is 85.8 Å². The molecular weight excluding hydrogens is 405 g/mol. The summed E-state index contributed by atoms with van der Waals surface area (Å²) in [5, 5.41) is 0. The van der Waals surface area contributed by atoms with E-state index in [2.05, 4.69) is 21.8 Å². The Balaban J connectivity index is 1.33. The number of fused-ring (bicyclic) bond motifs is 1. The van der Waals surface area contributed by atoms with E-state index in [1.165, 1.54) is 22.4 Å². The minimum absolute atomic E-state index is 0.0276. The first-order valence-corrected chi connectivity index (χ1v) is 11.7. The van der Waals surface area contributed by atoms with Crippen LogP contribution in [0.3, 0.4) is 0 Å². The molecule has 1 aromatic heterocycles. The van der Waals surface area contributed by atoms with Gasteiger partial charge < -0.3 is 13.8 Å². The van der Waals surface area contributed by atoms with E-state index in [-0.39, 0.29) is 18.3 Å². The van der Waals surface area contributed by atoms with Crippen molar-refractivity contribution < 1.29 is 13.8 Å². The smallest absolute Gasteiger partial charge is 0.330 e. The molecule has 3 saturated heterocycles. The molecule has 2 aromatic rings. The van der Waals surface area contributed by atoms with Crippen molar-refractivity contribution >= 4 is 8.53 Å². The molecule has 0 amide bonds. The molecule has 1 unspecified atom stereocenters. The van der Waals surface area contributed by atoms with Crippen LogP contribution in [0.4, 0.5) is 0 Å². The van der Waals surface area contributed by atoms with E-state index in [0.29, 0.717) is 12.5 Å². The molecule has 3 fully saturated rings. The third-order valence-corrected chi connectivity index (χ3v) is 7.91. The monoisotopic (exact) mass is 431 g/mol. The molecule has 0 bridgehead atoms. The Hall–Kier alpha value is -1.83. The number of aromatic nitrogens is 2. The highest BCUT2D eigenvalue weighted by atomic mass is 31.2. The van der Waals surface area contributed by atoms with Crippen molar-refractivity contribution in [1.29, 1.82) is 0 Å². The second kappa shape index (κ2) is 8.36. The van der Waals surface area contributed by atoms with E-state index in [1.54, 1.807) is 0 Å². The van der Waals surface area contributed by atoms with Crippen LogP contribution in [-0.4, -0.2) is 39.0 Å². The van der Waals surface area contributed by atoms with Crippen molar-refractivity contribution in [2.45, 2.75) is 63.2 Å². The van der Waals surface area contributed by atoms with E-state index in [9.17, 15) is 9.59 Å². The molecule has 6 atom stereocenters. The molecule has 0 spiro atoms. The van der Waals surface area contributed by atoms with Crippen molar-refractivity contribution in [1.82, 2.24) is 14.2 Å². The standard InChI is InChI=1S/C21H26N3O5P/c1-2-16-17(13-19(27-16)23-12-10-18(25)22-21(23)26)28-30-24-11-6-9-15(24)20(29-30)14-7-4-3-5-8-14/h3-5,7-8,10,12,15-17,19-20H,2,6,9,11,13H2,1H3,(H,22,25,26)/t15-,16+,17?,19+,20+,30-/m0/s1. The molecular formula is C21H26N3O5P. The lowest BCUT2D eigenvalue weighted by Gasteiger charge is -2.25. The predicted octanol–water partition coefficient (Wildman–Crippen LogP) is 3.08. The number of aromatic amines is 1. The van der Waals surface area contributed by atoms with Crippen LogP contribution in [-0.2, 0) is 13.8 Å². The molecule has 5 rings (SSSR count). The summed E-state index contributed by atoms with van der Waals surface area (Å²) >= 11 is 0. The van der Waals surface area contributed by atoms with E-state index in [0.717, 1.165) is 25.8 Å². The molecule has 1 N–H and O–H groups in total. The van der Waals surface area contributed by atoms with Gasteiger partial charge in [0.2, 0.25) is 0 Å². The van der Waals surface area contributed by atoms with Gasteiger partial charge in [-0.05, 0) is 24.8 Å². The van der Waals surface area contributed by atoms with Gasteiger partial charge in [-0.2, -0.15) is 0 Å². The van der Waals surface area contributed by atoms with Crippen LogP contribution in [0.15, 0.2) is 52.2 Å². The van der Waals surface area contributed by atoms with Gasteiger partial charge in [0.25, 0.3) is 14.1 Å². The molecule has 4 heterocycles. The Kier molecular flexibility index (Phi) is 5.60. The van der Waals surface area contributed by atoms with Crippen LogP contribution in [0, 0.1) is 0 Å². The average Bonchev–Trinajstić information content (AvgIpc) is 3.45. The zero-order valence-corrected chi connectivity index (χ0v) is 17.7. The van der Waals surface area contributed by atoms with Gasteiger partial charge in [0.05, 0.1) is 12.2 Å². The summed E-state index contributed by atoms with van der Waals surface area (Å²) in [6, 6.07) is 12.0. The lowest BCUT2D eigenvalue weighted by atomic mass is 10.0. The normalized spacial score (nSPS) is 33.8. The lowest BCUT2D eigenvalue weighted by molar-refractivity contribution is -0.0189. The molecule has 3 aliphatic heterocycles. The second-order valence-electron chi connectivity index (χ2n) is 7.98. The third-order valence-electron chi connectivity index (χ3n) is 6.13. The molecule has 9 heteroatoms. The first kappa shape index (κ1) is 20.1. The quantitative estimate of drug-likeness (QED) is 0.733. The molecule has 0 aliphatic carbocycles. The minimum atomic E-state index is -1.18. The zero-order valence-electron chi connectivity index (χ0n) is 16.8. The summed E-state index contributed by atoms with van der Waals surface area (Å²) < 4.78 is 22.9. The molecule has 8 nitrogen and oxygen atoms in total. The number of ether oxygens (including phenoxy) is 1. The van der Waals surface area contributed by atoms with Gasteiger partial charge in [-0.1, -0.05) is 37.3 Å².